The molecule has 0 spiro atoms. The topological polar surface area (TPSA) is 41.6 Å². The summed E-state index contributed by atoms with van der Waals surface area (Å²) in [7, 11) is 1.65. The second-order valence-corrected chi connectivity index (χ2v) is 7.25. The Morgan fingerprint density at radius 3 is 2.44 bits per heavy atom. The van der Waals surface area contributed by atoms with Crippen LogP contribution in [0.1, 0.15) is 17.2 Å². The van der Waals surface area contributed by atoms with E-state index in [1.54, 1.807) is 7.11 Å². The maximum Gasteiger partial charge on any atom is 0.242 e. The Morgan fingerprint density at radius 1 is 1.12 bits per heavy atom. The molecule has 1 fully saturated rings. The van der Waals surface area contributed by atoms with Gasteiger partial charge in [0.15, 0.2) is 0 Å². The van der Waals surface area contributed by atoms with Gasteiger partial charge in [-0.3, -0.25) is 9.69 Å². The fraction of sp³-hybridized carbons (Fsp3) is 0.350. The number of nitrogens with one attached hydrogen (secondary N) is 1. The lowest BCUT2D eigenvalue weighted by Gasteiger charge is -2.33. The summed E-state index contributed by atoms with van der Waals surface area (Å²) in [4.78, 5) is 15.2. The van der Waals surface area contributed by atoms with Crippen molar-refractivity contribution < 1.29 is 9.53 Å². The van der Waals surface area contributed by atoms with Crippen LogP contribution in [0.3, 0.4) is 0 Å². The zero-order chi connectivity index (χ0) is 17.5. The van der Waals surface area contributed by atoms with Crippen LogP contribution in [0.4, 0.5) is 0 Å². The van der Waals surface area contributed by atoms with Crippen LogP contribution in [0.15, 0.2) is 54.6 Å². The third-order valence-electron chi connectivity index (χ3n) is 4.40. The van der Waals surface area contributed by atoms with Crippen molar-refractivity contribution in [3.8, 4) is 5.75 Å². The number of methoxy groups -OCH3 is 1. The van der Waals surface area contributed by atoms with E-state index in [2.05, 4.69) is 10.2 Å². The zero-order valence-corrected chi connectivity index (χ0v) is 15.3. The van der Waals surface area contributed by atoms with E-state index in [9.17, 15) is 4.79 Å². The molecule has 1 saturated heterocycles. The first kappa shape index (κ1) is 17.8. The highest BCUT2D eigenvalue weighted by Crippen LogP contribution is 2.24. The van der Waals surface area contributed by atoms with Crippen molar-refractivity contribution in [3.63, 3.8) is 0 Å². The van der Waals surface area contributed by atoms with E-state index in [4.69, 9.17) is 4.74 Å². The molecule has 5 heteroatoms. The van der Waals surface area contributed by atoms with E-state index in [0.717, 1.165) is 41.5 Å². The first-order valence-electron chi connectivity index (χ1n) is 8.55. The molecule has 1 atom stereocenters. The Hall–Kier alpha value is -1.98. The first-order chi connectivity index (χ1) is 12.3. The average molecular weight is 356 g/mol. The summed E-state index contributed by atoms with van der Waals surface area (Å²) in [6, 6.07) is 17.6. The van der Waals surface area contributed by atoms with Gasteiger partial charge in [-0.1, -0.05) is 42.5 Å². The Balaban J connectivity index is 1.69. The number of carbonyl (C=O) groups excluding carboxylic acids is 1. The molecule has 4 nitrogen and oxygen atoms in total. The van der Waals surface area contributed by atoms with Crippen molar-refractivity contribution in [3.05, 3.63) is 65.7 Å². The fourth-order valence-electron chi connectivity index (χ4n) is 3.03. The molecule has 1 aliphatic heterocycles. The molecule has 0 radical (unpaired) electrons. The molecule has 0 aromatic heterocycles. The van der Waals surface area contributed by atoms with Crippen LogP contribution >= 0.6 is 11.8 Å². The molecular formula is C20H24N2O2S. The Bertz CT molecular complexity index is 670. The SMILES string of the molecule is COc1ccc(CNC(=O)C(c2ccccc2)N2CCSCC2)cc1. The highest BCUT2D eigenvalue weighted by Gasteiger charge is 2.28. The number of thioether (sulfide) groups is 1. The summed E-state index contributed by atoms with van der Waals surface area (Å²) in [6.45, 7) is 2.41. The lowest BCUT2D eigenvalue weighted by Crippen LogP contribution is -2.44. The standard InChI is InChI=1S/C20H24N2O2S/c1-24-18-9-7-16(8-10-18)15-21-20(23)19(17-5-3-2-4-6-17)22-11-13-25-14-12-22/h2-10,19H,11-15H2,1H3,(H,21,23). The van der Waals surface area contributed by atoms with Gasteiger partial charge in [0.25, 0.3) is 0 Å². The van der Waals surface area contributed by atoms with E-state index in [1.807, 2.05) is 66.4 Å². The van der Waals surface area contributed by atoms with Crippen molar-refractivity contribution in [1.29, 1.82) is 0 Å². The summed E-state index contributed by atoms with van der Waals surface area (Å²) in [6.07, 6.45) is 0. The zero-order valence-electron chi connectivity index (χ0n) is 14.5. The van der Waals surface area contributed by atoms with Gasteiger partial charge in [0.05, 0.1) is 7.11 Å². The minimum Gasteiger partial charge on any atom is -0.497 e. The van der Waals surface area contributed by atoms with Gasteiger partial charge in [-0.25, -0.2) is 0 Å². The molecule has 2 aromatic carbocycles. The second kappa shape index (κ2) is 8.92. The average Bonchev–Trinajstić information content (AvgIpc) is 2.69. The molecule has 1 N–H and O–H groups in total. The molecular weight excluding hydrogens is 332 g/mol. The number of ether oxygens (including phenoxy) is 1. The molecule has 1 amide bonds. The van der Waals surface area contributed by atoms with E-state index >= 15 is 0 Å². The smallest absolute Gasteiger partial charge is 0.242 e. The first-order valence-corrected chi connectivity index (χ1v) is 9.71. The Kier molecular flexibility index (Phi) is 6.36. The van der Waals surface area contributed by atoms with E-state index in [0.29, 0.717) is 6.54 Å². The predicted molar refractivity (Wildman–Crippen MR) is 103 cm³/mol. The lowest BCUT2D eigenvalue weighted by molar-refractivity contribution is -0.126. The van der Waals surface area contributed by atoms with Crippen LogP contribution < -0.4 is 10.1 Å². The van der Waals surface area contributed by atoms with Crippen LogP contribution in [-0.4, -0.2) is 42.5 Å². The van der Waals surface area contributed by atoms with E-state index in [1.165, 1.54) is 0 Å². The molecule has 132 valence electrons. The summed E-state index contributed by atoms with van der Waals surface area (Å²) >= 11 is 1.95. The van der Waals surface area contributed by atoms with Crippen LogP contribution in [0.2, 0.25) is 0 Å². The third-order valence-corrected chi connectivity index (χ3v) is 5.34. The number of amides is 1. The van der Waals surface area contributed by atoms with E-state index < -0.39 is 0 Å². The van der Waals surface area contributed by atoms with Gasteiger partial charge < -0.3 is 10.1 Å². The van der Waals surface area contributed by atoms with Crippen LogP contribution in [0.5, 0.6) is 5.75 Å². The molecule has 3 rings (SSSR count). The summed E-state index contributed by atoms with van der Waals surface area (Å²) in [5, 5.41) is 3.10. The van der Waals surface area contributed by atoms with Gasteiger partial charge in [0.1, 0.15) is 11.8 Å². The quantitative estimate of drug-likeness (QED) is 0.864. The van der Waals surface area contributed by atoms with Crippen molar-refractivity contribution in [2.24, 2.45) is 0 Å². The van der Waals surface area contributed by atoms with Crippen LogP contribution in [0, 0.1) is 0 Å². The maximum atomic E-state index is 13.0. The van der Waals surface area contributed by atoms with Gasteiger partial charge in [-0.05, 0) is 23.3 Å². The minimum atomic E-state index is -0.222. The van der Waals surface area contributed by atoms with Gasteiger partial charge in [0, 0.05) is 31.1 Å². The Morgan fingerprint density at radius 2 is 1.80 bits per heavy atom. The molecule has 2 aromatic rings. The molecule has 0 bridgehead atoms. The Labute approximate surface area is 153 Å². The number of benzene rings is 2. The summed E-state index contributed by atoms with van der Waals surface area (Å²) in [5.74, 6) is 3.04. The lowest BCUT2D eigenvalue weighted by atomic mass is 10.0. The normalized spacial score (nSPS) is 16.2. The second-order valence-electron chi connectivity index (χ2n) is 6.03. The number of carbonyl (C=O) groups is 1. The maximum absolute atomic E-state index is 13.0. The predicted octanol–water partition coefficient (Wildman–Crippen LogP) is 3.10. The van der Waals surface area contributed by atoms with Gasteiger partial charge in [-0.15, -0.1) is 0 Å². The van der Waals surface area contributed by atoms with Gasteiger partial charge in [-0.2, -0.15) is 11.8 Å². The monoisotopic (exact) mass is 356 g/mol. The largest absolute Gasteiger partial charge is 0.497 e. The van der Waals surface area contributed by atoms with E-state index in [-0.39, 0.29) is 11.9 Å². The van der Waals surface area contributed by atoms with Crippen LogP contribution in [0.25, 0.3) is 0 Å². The van der Waals surface area contributed by atoms with Crippen molar-refractivity contribution in [2.45, 2.75) is 12.6 Å². The summed E-state index contributed by atoms with van der Waals surface area (Å²) in [5.41, 5.74) is 2.12. The minimum absolute atomic E-state index is 0.0638. The highest BCUT2D eigenvalue weighted by molar-refractivity contribution is 7.99. The summed E-state index contributed by atoms with van der Waals surface area (Å²) < 4.78 is 5.17. The van der Waals surface area contributed by atoms with Crippen molar-refractivity contribution >= 4 is 17.7 Å². The van der Waals surface area contributed by atoms with Gasteiger partial charge in [0.2, 0.25) is 5.91 Å². The number of hydrogen-bond donors (Lipinski definition) is 1. The molecule has 25 heavy (non-hydrogen) atoms. The van der Waals surface area contributed by atoms with Crippen molar-refractivity contribution in [1.82, 2.24) is 10.2 Å². The number of nitrogens with zero attached hydrogens (tertiary/aromatic N) is 1. The number of hydrogen-bond acceptors (Lipinski definition) is 4. The molecule has 0 aliphatic carbocycles. The molecule has 0 saturated carbocycles. The molecule has 1 unspecified atom stereocenters. The van der Waals surface area contributed by atoms with Crippen molar-refractivity contribution in [2.75, 3.05) is 31.7 Å². The molecule has 1 heterocycles. The van der Waals surface area contributed by atoms with Gasteiger partial charge >= 0.3 is 0 Å². The highest BCUT2D eigenvalue weighted by atomic mass is 32.2. The molecule has 1 aliphatic rings. The third kappa shape index (κ3) is 4.77. The fourth-order valence-corrected chi connectivity index (χ4v) is 3.96. The number of rotatable bonds is 6. The van der Waals surface area contributed by atoms with Crippen LogP contribution in [-0.2, 0) is 11.3 Å².